The van der Waals surface area contributed by atoms with Crippen molar-refractivity contribution >= 4 is 10.0 Å². The smallest absolute Gasteiger partial charge is 0.251 e. The minimum absolute atomic E-state index is 0.0595. The first-order valence-corrected chi connectivity index (χ1v) is 8.88. The molecule has 126 valence electrons. The van der Waals surface area contributed by atoms with Crippen LogP contribution in [0.5, 0.6) is 0 Å². The monoisotopic (exact) mass is 340 g/mol. The molecule has 2 heterocycles. The number of aromatic nitrogens is 3. The van der Waals surface area contributed by atoms with E-state index >= 15 is 0 Å². The van der Waals surface area contributed by atoms with E-state index in [-0.39, 0.29) is 17.0 Å². The molecular weight excluding hydrogens is 320 g/mol. The molecule has 0 aliphatic carbocycles. The Bertz CT molecular complexity index is 821. The Hall–Kier alpha value is -2.00. The third kappa shape index (κ3) is 3.67. The normalized spacial score (nSPS) is 12.0. The topological polar surface area (TPSA) is 98.3 Å². The minimum atomic E-state index is -3.62. The van der Waals surface area contributed by atoms with Gasteiger partial charge in [-0.15, -0.1) is 0 Å². The number of hydrogen-bond acceptors (Lipinski definition) is 6. The highest BCUT2D eigenvalue weighted by Crippen LogP contribution is 2.14. The predicted molar refractivity (Wildman–Crippen MR) is 83.6 cm³/mol. The Morgan fingerprint density at radius 2 is 1.91 bits per heavy atom. The SMILES string of the molecule is CCc1nc(Cn2cc(S(=O)(=O)N(CC)CC)ccc2=O)no1. The van der Waals surface area contributed by atoms with Gasteiger partial charge in [0.05, 0.1) is 11.4 Å². The summed E-state index contributed by atoms with van der Waals surface area (Å²) in [6.07, 6.45) is 1.91. The van der Waals surface area contributed by atoms with Crippen LogP contribution in [-0.4, -0.2) is 40.5 Å². The molecule has 0 saturated heterocycles. The van der Waals surface area contributed by atoms with Gasteiger partial charge in [0.15, 0.2) is 5.82 Å². The molecule has 0 unspecified atom stereocenters. The summed E-state index contributed by atoms with van der Waals surface area (Å²) in [4.78, 5) is 16.2. The summed E-state index contributed by atoms with van der Waals surface area (Å²) in [5.41, 5.74) is -0.327. The number of sulfonamides is 1. The second-order valence-electron chi connectivity index (χ2n) is 4.88. The van der Waals surface area contributed by atoms with Crippen molar-refractivity contribution in [2.75, 3.05) is 13.1 Å². The Kier molecular flexibility index (Phi) is 5.32. The number of aryl methyl sites for hydroxylation is 1. The molecule has 0 fully saturated rings. The van der Waals surface area contributed by atoms with E-state index in [4.69, 9.17) is 4.52 Å². The fraction of sp³-hybridized carbons (Fsp3) is 0.500. The van der Waals surface area contributed by atoms with Crippen LogP contribution in [0.4, 0.5) is 0 Å². The zero-order valence-corrected chi connectivity index (χ0v) is 14.2. The molecule has 0 spiro atoms. The maximum atomic E-state index is 12.5. The molecule has 0 saturated carbocycles. The van der Waals surface area contributed by atoms with Crippen LogP contribution in [0.1, 0.15) is 32.5 Å². The zero-order chi connectivity index (χ0) is 17.0. The predicted octanol–water partition coefficient (Wildman–Crippen LogP) is 0.872. The molecule has 9 heteroatoms. The van der Waals surface area contributed by atoms with E-state index in [0.29, 0.717) is 31.2 Å². The maximum Gasteiger partial charge on any atom is 0.251 e. The van der Waals surface area contributed by atoms with Crippen LogP contribution in [0.3, 0.4) is 0 Å². The average molecular weight is 340 g/mol. The molecule has 2 aromatic heterocycles. The molecule has 0 bridgehead atoms. The van der Waals surface area contributed by atoms with Crippen molar-refractivity contribution in [1.82, 2.24) is 19.0 Å². The number of nitrogens with zero attached hydrogens (tertiary/aromatic N) is 4. The third-order valence-corrected chi connectivity index (χ3v) is 5.46. The first-order chi connectivity index (χ1) is 10.9. The summed E-state index contributed by atoms with van der Waals surface area (Å²) in [7, 11) is -3.62. The number of rotatable bonds is 7. The van der Waals surface area contributed by atoms with Gasteiger partial charge < -0.3 is 9.09 Å². The van der Waals surface area contributed by atoms with E-state index in [2.05, 4.69) is 10.1 Å². The van der Waals surface area contributed by atoms with Crippen molar-refractivity contribution in [2.24, 2.45) is 0 Å². The van der Waals surface area contributed by atoms with E-state index in [0.717, 1.165) is 0 Å². The van der Waals surface area contributed by atoms with Gasteiger partial charge in [-0.2, -0.15) is 9.29 Å². The van der Waals surface area contributed by atoms with Crippen LogP contribution >= 0.6 is 0 Å². The van der Waals surface area contributed by atoms with Gasteiger partial charge in [-0.3, -0.25) is 4.79 Å². The van der Waals surface area contributed by atoms with Gasteiger partial charge >= 0.3 is 0 Å². The summed E-state index contributed by atoms with van der Waals surface area (Å²) in [5.74, 6) is 0.807. The Labute approximate surface area is 134 Å². The quantitative estimate of drug-likeness (QED) is 0.742. The van der Waals surface area contributed by atoms with Crippen molar-refractivity contribution in [2.45, 2.75) is 38.6 Å². The molecule has 0 amide bonds. The zero-order valence-electron chi connectivity index (χ0n) is 13.4. The van der Waals surface area contributed by atoms with Crippen LogP contribution in [-0.2, 0) is 23.0 Å². The summed E-state index contributed by atoms with van der Waals surface area (Å²) in [6, 6.07) is 2.55. The fourth-order valence-electron chi connectivity index (χ4n) is 2.15. The van der Waals surface area contributed by atoms with Crippen LogP contribution in [0.2, 0.25) is 0 Å². The number of pyridine rings is 1. The standard InChI is InChI=1S/C14H20N4O4S/c1-4-13-15-12(16-22-13)10-17-9-11(7-8-14(17)19)23(20,21)18(5-2)6-3/h7-9H,4-6,10H2,1-3H3. The van der Waals surface area contributed by atoms with Gasteiger partial charge in [-0.25, -0.2) is 8.42 Å². The van der Waals surface area contributed by atoms with Crippen LogP contribution in [0.25, 0.3) is 0 Å². The lowest BCUT2D eigenvalue weighted by Gasteiger charge is -2.18. The molecule has 8 nitrogen and oxygen atoms in total. The summed E-state index contributed by atoms with van der Waals surface area (Å²) in [6.45, 7) is 6.20. The molecule has 2 aromatic rings. The third-order valence-electron chi connectivity index (χ3n) is 3.42. The van der Waals surface area contributed by atoms with Crippen molar-refractivity contribution in [3.63, 3.8) is 0 Å². The van der Waals surface area contributed by atoms with Gasteiger partial charge in [-0.05, 0) is 6.07 Å². The summed E-state index contributed by atoms with van der Waals surface area (Å²) >= 11 is 0. The highest BCUT2D eigenvalue weighted by Gasteiger charge is 2.22. The Balaban J connectivity index is 2.37. The molecule has 0 N–H and O–H groups in total. The highest BCUT2D eigenvalue weighted by molar-refractivity contribution is 7.89. The number of hydrogen-bond donors (Lipinski definition) is 0. The molecule has 0 atom stereocenters. The van der Waals surface area contributed by atoms with Gasteiger partial charge in [-0.1, -0.05) is 25.9 Å². The average Bonchev–Trinajstić information content (AvgIpc) is 2.98. The van der Waals surface area contributed by atoms with Gasteiger partial charge in [0.25, 0.3) is 5.56 Å². The summed E-state index contributed by atoms with van der Waals surface area (Å²) < 4.78 is 32.6. The van der Waals surface area contributed by atoms with Gasteiger partial charge in [0, 0.05) is 31.8 Å². The van der Waals surface area contributed by atoms with Crippen molar-refractivity contribution < 1.29 is 12.9 Å². The lowest BCUT2D eigenvalue weighted by molar-refractivity contribution is 0.375. The molecule has 23 heavy (non-hydrogen) atoms. The molecule has 0 radical (unpaired) electrons. The Morgan fingerprint density at radius 1 is 1.22 bits per heavy atom. The van der Waals surface area contributed by atoms with Crippen molar-refractivity contribution in [1.29, 1.82) is 0 Å². The molecule has 0 aromatic carbocycles. The van der Waals surface area contributed by atoms with Crippen molar-refractivity contribution in [3.8, 4) is 0 Å². The van der Waals surface area contributed by atoms with Crippen LogP contribution < -0.4 is 5.56 Å². The van der Waals surface area contributed by atoms with Gasteiger partial charge in [0.2, 0.25) is 15.9 Å². The van der Waals surface area contributed by atoms with E-state index in [9.17, 15) is 13.2 Å². The molecular formula is C14H20N4O4S. The first kappa shape index (κ1) is 17.4. The fourth-order valence-corrected chi connectivity index (χ4v) is 3.63. The molecule has 0 aliphatic heterocycles. The maximum absolute atomic E-state index is 12.5. The second kappa shape index (κ2) is 7.05. The first-order valence-electron chi connectivity index (χ1n) is 7.44. The van der Waals surface area contributed by atoms with Crippen LogP contribution in [0.15, 0.2) is 32.5 Å². The van der Waals surface area contributed by atoms with E-state index in [1.54, 1.807) is 13.8 Å². The summed E-state index contributed by atoms with van der Waals surface area (Å²) in [5, 5.41) is 3.78. The Morgan fingerprint density at radius 3 is 2.48 bits per heavy atom. The van der Waals surface area contributed by atoms with Gasteiger partial charge in [0.1, 0.15) is 0 Å². The molecule has 0 aliphatic rings. The second-order valence-corrected chi connectivity index (χ2v) is 6.82. The minimum Gasteiger partial charge on any atom is -0.339 e. The lowest BCUT2D eigenvalue weighted by Crippen LogP contribution is -2.32. The lowest BCUT2D eigenvalue weighted by atomic mass is 10.4. The largest absolute Gasteiger partial charge is 0.339 e. The van der Waals surface area contributed by atoms with Crippen molar-refractivity contribution in [3.05, 3.63) is 40.4 Å². The molecule has 2 rings (SSSR count). The van der Waals surface area contributed by atoms with E-state index in [1.807, 2.05) is 6.92 Å². The van der Waals surface area contributed by atoms with E-state index in [1.165, 1.54) is 27.2 Å². The van der Waals surface area contributed by atoms with E-state index < -0.39 is 10.0 Å². The van der Waals surface area contributed by atoms with Crippen LogP contribution in [0, 0.1) is 0 Å². The highest BCUT2D eigenvalue weighted by atomic mass is 32.2.